The van der Waals surface area contributed by atoms with Gasteiger partial charge in [0.1, 0.15) is 5.69 Å². The van der Waals surface area contributed by atoms with E-state index in [2.05, 4.69) is 20.2 Å². The van der Waals surface area contributed by atoms with E-state index in [0.717, 1.165) is 49.5 Å². The first-order chi connectivity index (χ1) is 14.5. The van der Waals surface area contributed by atoms with Gasteiger partial charge in [0.15, 0.2) is 0 Å². The zero-order chi connectivity index (χ0) is 20.7. The van der Waals surface area contributed by atoms with Crippen LogP contribution in [-0.2, 0) is 9.53 Å². The summed E-state index contributed by atoms with van der Waals surface area (Å²) in [6.07, 6.45) is 8.36. The maximum Gasteiger partial charge on any atom is 0.317 e. The van der Waals surface area contributed by atoms with Gasteiger partial charge in [0, 0.05) is 25.9 Å². The fourth-order valence-corrected chi connectivity index (χ4v) is 4.98. The minimum atomic E-state index is -0.752. The molecule has 160 valence electrons. The van der Waals surface area contributed by atoms with Crippen LogP contribution in [0.4, 0.5) is 0 Å². The first-order valence-corrected chi connectivity index (χ1v) is 11.0. The molecule has 0 bridgehead atoms. The highest BCUT2D eigenvalue weighted by Gasteiger charge is 2.44. The molecule has 3 heterocycles. The Hall–Kier alpha value is -2.32. The van der Waals surface area contributed by atoms with E-state index in [-0.39, 0.29) is 18.7 Å². The highest BCUT2D eigenvalue weighted by Crippen LogP contribution is 2.43. The number of aromatic nitrogens is 4. The van der Waals surface area contributed by atoms with Crippen LogP contribution in [0.25, 0.3) is 11.4 Å². The summed E-state index contributed by atoms with van der Waals surface area (Å²) in [4.78, 5) is 17.7. The van der Waals surface area contributed by atoms with Crippen molar-refractivity contribution in [2.75, 3.05) is 26.2 Å². The maximum absolute atomic E-state index is 11.2. The summed E-state index contributed by atoms with van der Waals surface area (Å²) >= 11 is 0. The molecular weight excluding hydrogens is 382 g/mol. The smallest absolute Gasteiger partial charge is 0.317 e. The second-order valence-corrected chi connectivity index (χ2v) is 9.27. The van der Waals surface area contributed by atoms with E-state index in [0.29, 0.717) is 17.8 Å². The molecule has 0 unspecified atom stereocenters. The van der Waals surface area contributed by atoms with Crippen LogP contribution in [0.2, 0.25) is 0 Å². The third-order valence-corrected chi connectivity index (χ3v) is 6.79. The van der Waals surface area contributed by atoms with Crippen LogP contribution in [-0.4, -0.2) is 68.3 Å². The van der Waals surface area contributed by atoms with Crippen LogP contribution in [0.15, 0.2) is 24.5 Å². The highest BCUT2D eigenvalue weighted by atomic mass is 16.5. The van der Waals surface area contributed by atoms with E-state index < -0.39 is 5.97 Å². The van der Waals surface area contributed by atoms with Crippen molar-refractivity contribution in [1.82, 2.24) is 24.9 Å². The van der Waals surface area contributed by atoms with Crippen LogP contribution in [0.3, 0.4) is 0 Å². The lowest BCUT2D eigenvalue weighted by molar-refractivity contribution is -0.138. The van der Waals surface area contributed by atoms with E-state index in [4.69, 9.17) is 4.74 Å². The van der Waals surface area contributed by atoms with E-state index in [1.165, 1.54) is 12.8 Å². The van der Waals surface area contributed by atoms with Crippen LogP contribution in [0.1, 0.15) is 37.3 Å². The van der Waals surface area contributed by atoms with Crippen molar-refractivity contribution in [2.45, 2.75) is 44.8 Å². The van der Waals surface area contributed by atoms with Crippen LogP contribution >= 0.6 is 0 Å². The Labute approximate surface area is 176 Å². The second-order valence-electron chi connectivity index (χ2n) is 9.27. The van der Waals surface area contributed by atoms with Crippen molar-refractivity contribution >= 4 is 5.97 Å². The normalized spacial score (nSPS) is 29.1. The summed E-state index contributed by atoms with van der Waals surface area (Å²) in [6.45, 7) is 4.65. The van der Waals surface area contributed by atoms with Gasteiger partial charge in [-0.1, -0.05) is 11.3 Å². The minimum Gasteiger partial charge on any atom is -0.480 e. The van der Waals surface area contributed by atoms with Gasteiger partial charge in [0.25, 0.3) is 0 Å². The molecule has 1 aliphatic heterocycles. The number of fused-ring (bicyclic) bond motifs is 1. The minimum absolute atomic E-state index is 0.0946. The first-order valence-electron chi connectivity index (χ1n) is 11.0. The quantitative estimate of drug-likeness (QED) is 0.748. The van der Waals surface area contributed by atoms with Crippen molar-refractivity contribution in [2.24, 2.45) is 17.8 Å². The number of aliphatic carboxylic acids is 1. The predicted octanol–water partition coefficient (Wildman–Crippen LogP) is 2.41. The number of likely N-dealkylation sites (tertiary alicyclic amines) is 1. The van der Waals surface area contributed by atoms with Gasteiger partial charge in [0.05, 0.1) is 30.6 Å². The van der Waals surface area contributed by atoms with Crippen LogP contribution in [0.5, 0.6) is 0 Å². The van der Waals surface area contributed by atoms with Gasteiger partial charge in [-0.25, -0.2) is 4.68 Å². The first kappa shape index (κ1) is 19.6. The molecule has 8 nitrogen and oxygen atoms in total. The lowest BCUT2D eigenvalue weighted by Crippen LogP contribution is -2.38. The molecule has 1 N–H and O–H groups in total. The van der Waals surface area contributed by atoms with Gasteiger partial charge in [-0.3, -0.25) is 14.7 Å². The third kappa shape index (κ3) is 4.25. The lowest BCUT2D eigenvalue weighted by atomic mass is 9.77. The van der Waals surface area contributed by atoms with E-state index in [9.17, 15) is 9.90 Å². The van der Waals surface area contributed by atoms with E-state index in [1.807, 2.05) is 36.1 Å². The van der Waals surface area contributed by atoms with Crippen molar-refractivity contribution in [1.29, 1.82) is 0 Å². The summed E-state index contributed by atoms with van der Waals surface area (Å²) in [6, 6.07) is 4.13. The SMILES string of the molecule is Cc1ccc(-c2cn([C@@H]3C[C@@H]4CN(CC(=O)O)C[C@@H]4C[C@H]3OCC3CC3)nn2)nc1. The van der Waals surface area contributed by atoms with Gasteiger partial charge in [-0.05, 0) is 62.0 Å². The van der Waals surface area contributed by atoms with Crippen molar-refractivity contribution < 1.29 is 14.6 Å². The standard InChI is InChI=1S/C22H29N5O3/c1-14-2-5-18(23-8-14)19-11-27(25-24-19)20-6-16-9-26(12-22(28)29)10-17(16)7-21(20)30-13-15-3-4-15/h2,5,8,11,15-17,20-21H,3-4,6-7,9-10,12-13H2,1H3,(H,28,29)/t16-,17+,20-,21-/m1/s1. The van der Waals surface area contributed by atoms with Crippen LogP contribution < -0.4 is 0 Å². The Morgan fingerprint density at radius 2 is 2.00 bits per heavy atom. The van der Waals surface area contributed by atoms with Gasteiger partial charge in [-0.2, -0.15) is 0 Å². The highest BCUT2D eigenvalue weighted by molar-refractivity contribution is 5.69. The lowest BCUT2D eigenvalue weighted by Gasteiger charge is -2.37. The summed E-state index contributed by atoms with van der Waals surface area (Å²) in [7, 11) is 0. The number of rotatable bonds is 7. The molecule has 8 heteroatoms. The number of pyridine rings is 1. The van der Waals surface area contributed by atoms with Gasteiger partial charge in [-0.15, -0.1) is 5.10 Å². The molecule has 3 aliphatic rings. The summed E-state index contributed by atoms with van der Waals surface area (Å²) in [5.41, 5.74) is 2.71. The monoisotopic (exact) mass is 411 g/mol. The molecule has 30 heavy (non-hydrogen) atoms. The number of carboxylic acid groups (broad SMARTS) is 1. The van der Waals surface area contributed by atoms with E-state index >= 15 is 0 Å². The Morgan fingerprint density at radius 1 is 1.20 bits per heavy atom. The van der Waals surface area contributed by atoms with Crippen LogP contribution in [0, 0.1) is 24.7 Å². The average molecular weight is 412 g/mol. The summed E-state index contributed by atoms with van der Waals surface area (Å²) in [5.74, 6) is 0.920. The number of hydrogen-bond acceptors (Lipinski definition) is 6. The number of ether oxygens (including phenoxy) is 1. The predicted molar refractivity (Wildman–Crippen MR) is 110 cm³/mol. The topological polar surface area (TPSA) is 93.4 Å². The molecule has 2 aromatic heterocycles. The molecule has 2 aromatic rings. The summed E-state index contributed by atoms with van der Waals surface area (Å²) in [5, 5.41) is 18.0. The molecule has 1 saturated heterocycles. The van der Waals surface area contributed by atoms with E-state index in [1.54, 1.807) is 0 Å². The molecule has 4 atom stereocenters. The fraction of sp³-hybridized carbons (Fsp3) is 0.636. The zero-order valence-electron chi connectivity index (χ0n) is 17.4. The average Bonchev–Trinajstić information content (AvgIpc) is 3.27. The zero-order valence-corrected chi connectivity index (χ0v) is 17.4. The van der Waals surface area contributed by atoms with Gasteiger partial charge >= 0.3 is 5.97 Å². The number of aryl methyl sites for hydroxylation is 1. The molecule has 3 fully saturated rings. The number of hydrogen-bond donors (Lipinski definition) is 1. The number of nitrogens with zero attached hydrogens (tertiary/aromatic N) is 5. The third-order valence-electron chi connectivity index (χ3n) is 6.79. The van der Waals surface area contributed by atoms with Crippen molar-refractivity contribution in [3.05, 3.63) is 30.1 Å². The van der Waals surface area contributed by atoms with Crippen molar-refractivity contribution in [3.8, 4) is 11.4 Å². The molecule has 0 aromatic carbocycles. The summed E-state index contributed by atoms with van der Waals surface area (Å²) < 4.78 is 8.35. The Balaban J connectivity index is 1.34. The molecule has 2 aliphatic carbocycles. The maximum atomic E-state index is 11.2. The Morgan fingerprint density at radius 3 is 2.70 bits per heavy atom. The molecule has 0 spiro atoms. The van der Waals surface area contributed by atoms with Crippen molar-refractivity contribution in [3.63, 3.8) is 0 Å². The Bertz CT molecular complexity index is 894. The number of carbonyl (C=O) groups is 1. The largest absolute Gasteiger partial charge is 0.480 e. The van der Waals surface area contributed by atoms with Gasteiger partial charge < -0.3 is 9.84 Å². The molecular formula is C22H29N5O3. The Kier molecular flexibility index (Phi) is 5.28. The van der Waals surface area contributed by atoms with Gasteiger partial charge in [0.2, 0.25) is 0 Å². The number of carboxylic acids is 1. The molecule has 0 radical (unpaired) electrons. The molecule has 2 saturated carbocycles. The molecule has 5 rings (SSSR count). The molecule has 0 amide bonds. The second kappa shape index (κ2) is 8.07. The fourth-order valence-electron chi connectivity index (χ4n) is 4.98.